The van der Waals surface area contributed by atoms with Crippen LogP contribution in [0.1, 0.15) is 51.5 Å². The maximum Gasteiger partial charge on any atom is 0.325 e. The summed E-state index contributed by atoms with van der Waals surface area (Å²) in [4.78, 5) is 39.1. The van der Waals surface area contributed by atoms with Crippen LogP contribution >= 0.6 is 11.6 Å². The van der Waals surface area contributed by atoms with Gasteiger partial charge in [-0.3, -0.25) is 14.5 Å². The molecule has 146 valence electrons. The van der Waals surface area contributed by atoms with Crippen molar-refractivity contribution >= 4 is 29.4 Å². The molecule has 1 aromatic rings. The Hall–Kier alpha value is -2.08. The highest BCUT2D eigenvalue weighted by molar-refractivity contribution is 6.30. The molecule has 6 nitrogen and oxygen atoms in total. The predicted molar refractivity (Wildman–Crippen MR) is 103 cm³/mol. The lowest BCUT2D eigenvalue weighted by molar-refractivity contribution is -0.135. The maximum atomic E-state index is 13.1. The lowest BCUT2D eigenvalue weighted by atomic mass is 9.86. The molecule has 0 radical (unpaired) electrons. The van der Waals surface area contributed by atoms with Crippen LogP contribution < -0.4 is 10.6 Å². The number of hydrogen-bond acceptors (Lipinski definition) is 3. The Morgan fingerprint density at radius 2 is 1.93 bits per heavy atom. The molecule has 4 amide bonds. The van der Waals surface area contributed by atoms with Crippen LogP contribution in [0.2, 0.25) is 5.02 Å². The van der Waals surface area contributed by atoms with Gasteiger partial charge in [0.05, 0.1) is 0 Å². The summed E-state index contributed by atoms with van der Waals surface area (Å²) in [5, 5.41) is 6.34. The number of imide groups is 1. The van der Waals surface area contributed by atoms with Crippen molar-refractivity contribution in [2.24, 2.45) is 5.92 Å². The van der Waals surface area contributed by atoms with Gasteiger partial charge >= 0.3 is 6.03 Å². The smallest absolute Gasteiger partial charge is 0.325 e. The van der Waals surface area contributed by atoms with Crippen molar-refractivity contribution < 1.29 is 14.4 Å². The van der Waals surface area contributed by atoms with Crippen LogP contribution in [0.15, 0.2) is 24.3 Å². The molecule has 2 N–H and O–H groups in total. The second-order valence-corrected chi connectivity index (χ2v) is 7.96. The van der Waals surface area contributed by atoms with Gasteiger partial charge in [0.25, 0.3) is 5.91 Å². The van der Waals surface area contributed by atoms with Crippen LogP contribution in [-0.2, 0) is 15.1 Å². The van der Waals surface area contributed by atoms with Gasteiger partial charge in [-0.1, -0.05) is 50.4 Å². The minimum Gasteiger partial charge on any atom is -0.352 e. The van der Waals surface area contributed by atoms with E-state index in [0.717, 1.165) is 24.2 Å². The highest BCUT2D eigenvalue weighted by atomic mass is 35.5. The molecule has 0 bridgehead atoms. The highest BCUT2D eigenvalue weighted by Crippen LogP contribution is 2.33. The second kappa shape index (κ2) is 7.89. The molecule has 1 saturated heterocycles. The van der Waals surface area contributed by atoms with Crippen molar-refractivity contribution in [3.63, 3.8) is 0 Å². The predicted octanol–water partition coefficient (Wildman–Crippen LogP) is 3.19. The van der Waals surface area contributed by atoms with Crippen LogP contribution in [-0.4, -0.2) is 35.3 Å². The van der Waals surface area contributed by atoms with Crippen LogP contribution in [0.5, 0.6) is 0 Å². The molecule has 0 unspecified atom stereocenters. The van der Waals surface area contributed by atoms with Crippen LogP contribution in [0.25, 0.3) is 0 Å². The number of hydrogen-bond donors (Lipinski definition) is 2. The number of nitrogens with one attached hydrogen (secondary N) is 2. The van der Waals surface area contributed by atoms with E-state index < -0.39 is 17.5 Å². The monoisotopic (exact) mass is 391 g/mol. The van der Waals surface area contributed by atoms with E-state index in [1.165, 1.54) is 6.42 Å². The van der Waals surface area contributed by atoms with Crippen molar-refractivity contribution in [1.29, 1.82) is 0 Å². The standard InChI is InChI=1S/C20H26ClN3O3/c1-3-20(14-8-10-15(21)11-9-14)18(26)24(19(27)23-20)12-17(25)22-16-7-5-4-6-13(16)2/h8-11,13,16H,3-7,12H2,1-2H3,(H,22,25)(H,23,27)/t13-,16-,20-/m0/s1. The number of rotatable bonds is 5. The quantitative estimate of drug-likeness (QED) is 0.756. The molecule has 1 aliphatic heterocycles. The highest BCUT2D eigenvalue weighted by Gasteiger charge is 2.51. The van der Waals surface area contributed by atoms with Crippen molar-refractivity contribution in [3.8, 4) is 0 Å². The fourth-order valence-electron chi connectivity index (χ4n) is 4.07. The first-order valence-corrected chi connectivity index (χ1v) is 9.94. The SMILES string of the molecule is CC[C@@]1(c2ccc(Cl)cc2)NC(=O)N(CC(=O)N[C@H]2CCCC[C@@H]2C)C1=O. The number of benzene rings is 1. The van der Waals surface area contributed by atoms with E-state index in [9.17, 15) is 14.4 Å². The molecule has 2 fully saturated rings. The Bertz CT molecular complexity index is 736. The molecule has 27 heavy (non-hydrogen) atoms. The van der Waals surface area contributed by atoms with E-state index in [1.807, 2.05) is 6.92 Å². The molecule has 3 atom stereocenters. The van der Waals surface area contributed by atoms with E-state index >= 15 is 0 Å². The Morgan fingerprint density at radius 3 is 2.56 bits per heavy atom. The molecule has 1 aliphatic carbocycles. The molecule has 7 heteroatoms. The largest absolute Gasteiger partial charge is 0.352 e. The second-order valence-electron chi connectivity index (χ2n) is 7.52. The third kappa shape index (κ3) is 3.81. The van der Waals surface area contributed by atoms with Gasteiger partial charge in [-0.15, -0.1) is 0 Å². The van der Waals surface area contributed by atoms with E-state index in [2.05, 4.69) is 17.6 Å². The molecule has 0 aromatic heterocycles. The number of halogens is 1. The number of nitrogens with zero attached hydrogens (tertiary/aromatic N) is 1. The van der Waals surface area contributed by atoms with Crippen molar-refractivity contribution in [2.75, 3.05) is 6.54 Å². The van der Waals surface area contributed by atoms with Crippen LogP contribution in [0, 0.1) is 5.92 Å². The lowest BCUT2D eigenvalue weighted by Gasteiger charge is -2.30. The fourth-order valence-corrected chi connectivity index (χ4v) is 4.20. The molecule has 1 heterocycles. The molecule has 1 saturated carbocycles. The van der Waals surface area contributed by atoms with E-state index in [-0.39, 0.29) is 18.5 Å². The van der Waals surface area contributed by atoms with E-state index in [0.29, 0.717) is 22.9 Å². The Kier molecular flexibility index (Phi) is 5.75. The number of carbonyl (C=O) groups is 3. The number of amides is 4. The third-order valence-corrected chi connectivity index (χ3v) is 6.05. The molecular formula is C20H26ClN3O3. The third-order valence-electron chi connectivity index (χ3n) is 5.80. The van der Waals surface area contributed by atoms with Crippen molar-refractivity contribution in [1.82, 2.24) is 15.5 Å². The van der Waals surface area contributed by atoms with E-state index in [4.69, 9.17) is 11.6 Å². The summed E-state index contributed by atoms with van der Waals surface area (Å²) in [6.45, 7) is 3.70. The van der Waals surface area contributed by atoms with Gasteiger partial charge in [0.1, 0.15) is 12.1 Å². The Balaban J connectivity index is 1.73. The summed E-state index contributed by atoms with van der Waals surface area (Å²) in [6.07, 6.45) is 4.69. The van der Waals surface area contributed by atoms with Crippen LogP contribution in [0.3, 0.4) is 0 Å². The summed E-state index contributed by atoms with van der Waals surface area (Å²) in [5.74, 6) is -0.279. The summed E-state index contributed by atoms with van der Waals surface area (Å²) in [6, 6.07) is 6.42. The summed E-state index contributed by atoms with van der Waals surface area (Å²) in [5.41, 5.74) is -0.489. The zero-order valence-corrected chi connectivity index (χ0v) is 16.5. The first-order valence-electron chi connectivity index (χ1n) is 9.57. The minimum absolute atomic E-state index is 0.110. The van der Waals surface area contributed by atoms with Crippen molar-refractivity contribution in [2.45, 2.75) is 57.5 Å². The average molecular weight is 392 g/mol. The zero-order valence-electron chi connectivity index (χ0n) is 15.8. The van der Waals surface area contributed by atoms with Gasteiger partial charge in [-0.05, 0) is 42.9 Å². The molecule has 0 spiro atoms. The van der Waals surface area contributed by atoms with Crippen LogP contribution in [0.4, 0.5) is 4.79 Å². The average Bonchev–Trinajstić information content (AvgIpc) is 2.89. The van der Waals surface area contributed by atoms with Gasteiger partial charge in [-0.2, -0.15) is 0 Å². The fraction of sp³-hybridized carbons (Fsp3) is 0.550. The Labute approximate surface area is 164 Å². The molecule has 1 aromatic carbocycles. The minimum atomic E-state index is -1.15. The molecular weight excluding hydrogens is 366 g/mol. The molecule has 2 aliphatic rings. The number of urea groups is 1. The van der Waals surface area contributed by atoms with Gasteiger partial charge in [0.15, 0.2) is 0 Å². The lowest BCUT2D eigenvalue weighted by Crippen LogP contribution is -2.48. The topological polar surface area (TPSA) is 78.5 Å². The van der Waals surface area contributed by atoms with Gasteiger partial charge in [-0.25, -0.2) is 4.79 Å². The van der Waals surface area contributed by atoms with Crippen molar-refractivity contribution in [3.05, 3.63) is 34.9 Å². The van der Waals surface area contributed by atoms with Gasteiger partial charge in [0.2, 0.25) is 5.91 Å². The number of carbonyl (C=O) groups excluding carboxylic acids is 3. The van der Waals surface area contributed by atoms with Gasteiger partial charge < -0.3 is 10.6 Å². The normalized spacial score (nSPS) is 28.2. The first kappa shape index (κ1) is 19.7. The Morgan fingerprint density at radius 1 is 1.26 bits per heavy atom. The first-order chi connectivity index (χ1) is 12.9. The van der Waals surface area contributed by atoms with Gasteiger partial charge in [0, 0.05) is 11.1 Å². The van der Waals surface area contributed by atoms with E-state index in [1.54, 1.807) is 24.3 Å². The summed E-state index contributed by atoms with van der Waals surface area (Å²) < 4.78 is 0. The zero-order chi connectivity index (χ0) is 19.6. The maximum absolute atomic E-state index is 13.1. The summed E-state index contributed by atoms with van der Waals surface area (Å²) in [7, 11) is 0. The summed E-state index contributed by atoms with van der Waals surface area (Å²) >= 11 is 5.94. The molecule has 3 rings (SSSR count).